The Hall–Kier alpha value is -0.980. The lowest BCUT2D eigenvalue weighted by molar-refractivity contribution is 0.460. The monoisotopic (exact) mass is 220 g/mol. The zero-order valence-corrected chi connectivity index (χ0v) is 11.6. The van der Waals surface area contributed by atoms with Gasteiger partial charge in [-0.25, -0.2) is 0 Å². The SMILES string of the molecule is Cc1c(O)cc(C(C)(C)C)cc1C(C)(C)C. The number of phenols is 1. The van der Waals surface area contributed by atoms with E-state index in [4.69, 9.17) is 0 Å². The van der Waals surface area contributed by atoms with Crippen molar-refractivity contribution in [3.05, 3.63) is 28.8 Å². The molecule has 1 nitrogen and oxygen atoms in total. The van der Waals surface area contributed by atoms with Crippen molar-refractivity contribution in [2.45, 2.75) is 59.3 Å². The van der Waals surface area contributed by atoms with Gasteiger partial charge in [0.1, 0.15) is 5.75 Å². The Morgan fingerprint density at radius 2 is 1.38 bits per heavy atom. The highest BCUT2D eigenvalue weighted by Crippen LogP contribution is 2.35. The Morgan fingerprint density at radius 3 is 1.75 bits per heavy atom. The zero-order valence-electron chi connectivity index (χ0n) is 11.6. The van der Waals surface area contributed by atoms with Crippen LogP contribution in [-0.2, 0) is 10.8 Å². The van der Waals surface area contributed by atoms with Gasteiger partial charge in [0.25, 0.3) is 0 Å². The second-order valence-electron chi connectivity index (χ2n) is 6.67. The summed E-state index contributed by atoms with van der Waals surface area (Å²) in [5.41, 5.74) is 3.58. The Labute approximate surface area is 99.5 Å². The van der Waals surface area contributed by atoms with Crippen LogP contribution in [0, 0.1) is 6.92 Å². The summed E-state index contributed by atoms with van der Waals surface area (Å²) in [6.45, 7) is 15.0. The quantitative estimate of drug-likeness (QED) is 0.691. The van der Waals surface area contributed by atoms with E-state index in [0.29, 0.717) is 5.75 Å². The van der Waals surface area contributed by atoms with Gasteiger partial charge in [0.2, 0.25) is 0 Å². The normalized spacial score (nSPS) is 12.9. The molecule has 0 saturated carbocycles. The maximum Gasteiger partial charge on any atom is 0.119 e. The molecular weight excluding hydrogens is 196 g/mol. The molecule has 0 radical (unpaired) electrons. The van der Waals surface area contributed by atoms with Gasteiger partial charge in [-0.2, -0.15) is 0 Å². The molecule has 1 aromatic rings. The lowest BCUT2D eigenvalue weighted by Crippen LogP contribution is -2.17. The fraction of sp³-hybridized carbons (Fsp3) is 0.600. The number of hydrogen-bond donors (Lipinski definition) is 1. The first-order chi connectivity index (χ1) is 7.03. The fourth-order valence-electron chi connectivity index (χ4n) is 1.91. The van der Waals surface area contributed by atoms with Gasteiger partial charge in [-0.15, -0.1) is 0 Å². The molecular formula is C15H24O. The van der Waals surface area contributed by atoms with Gasteiger partial charge >= 0.3 is 0 Å². The van der Waals surface area contributed by atoms with Crippen LogP contribution in [0.15, 0.2) is 12.1 Å². The van der Waals surface area contributed by atoms with E-state index in [1.165, 1.54) is 11.1 Å². The summed E-state index contributed by atoms with van der Waals surface area (Å²) < 4.78 is 0. The highest BCUT2D eigenvalue weighted by atomic mass is 16.3. The number of hydrogen-bond acceptors (Lipinski definition) is 1. The average Bonchev–Trinajstić information content (AvgIpc) is 2.05. The maximum absolute atomic E-state index is 10.0. The van der Waals surface area contributed by atoms with E-state index in [-0.39, 0.29) is 10.8 Å². The molecule has 0 bridgehead atoms. The summed E-state index contributed by atoms with van der Waals surface area (Å²) in [5.74, 6) is 0.414. The molecule has 1 rings (SSSR count). The molecule has 0 aromatic heterocycles. The summed E-state index contributed by atoms with van der Waals surface area (Å²) in [6, 6.07) is 4.12. The highest BCUT2D eigenvalue weighted by molar-refractivity contribution is 5.46. The van der Waals surface area contributed by atoms with Crippen LogP contribution < -0.4 is 0 Å². The third-order valence-electron chi connectivity index (χ3n) is 3.05. The van der Waals surface area contributed by atoms with E-state index in [0.717, 1.165) is 5.56 Å². The van der Waals surface area contributed by atoms with Crippen LogP contribution >= 0.6 is 0 Å². The van der Waals surface area contributed by atoms with E-state index >= 15 is 0 Å². The number of phenolic OH excluding ortho intramolecular Hbond substituents is 1. The first kappa shape index (κ1) is 13.1. The number of benzene rings is 1. The van der Waals surface area contributed by atoms with Gasteiger partial charge in [0, 0.05) is 0 Å². The third kappa shape index (κ3) is 2.58. The Kier molecular flexibility index (Phi) is 3.11. The van der Waals surface area contributed by atoms with Gasteiger partial charge < -0.3 is 5.11 Å². The molecule has 0 amide bonds. The largest absolute Gasteiger partial charge is 0.508 e. The van der Waals surface area contributed by atoms with Crippen LogP contribution in [-0.4, -0.2) is 5.11 Å². The van der Waals surface area contributed by atoms with E-state index in [2.05, 4.69) is 47.6 Å². The molecule has 1 aromatic carbocycles. The van der Waals surface area contributed by atoms with E-state index in [1.54, 1.807) is 0 Å². The molecule has 90 valence electrons. The minimum absolute atomic E-state index is 0.0722. The minimum Gasteiger partial charge on any atom is -0.508 e. The van der Waals surface area contributed by atoms with Crippen molar-refractivity contribution in [1.29, 1.82) is 0 Å². The predicted molar refractivity (Wildman–Crippen MR) is 70.2 cm³/mol. The summed E-state index contributed by atoms with van der Waals surface area (Å²) in [6.07, 6.45) is 0. The minimum atomic E-state index is 0.0722. The van der Waals surface area contributed by atoms with Crippen LogP contribution in [0.5, 0.6) is 5.75 Å². The van der Waals surface area contributed by atoms with Crippen LogP contribution in [0.2, 0.25) is 0 Å². The van der Waals surface area contributed by atoms with Gasteiger partial charge in [0.15, 0.2) is 0 Å². The van der Waals surface area contributed by atoms with Crippen molar-refractivity contribution in [2.75, 3.05) is 0 Å². The molecule has 0 fully saturated rings. The molecule has 0 unspecified atom stereocenters. The summed E-state index contributed by atoms with van der Waals surface area (Å²) >= 11 is 0. The van der Waals surface area contributed by atoms with Crippen molar-refractivity contribution in [2.24, 2.45) is 0 Å². The Morgan fingerprint density at radius 1 is 0.875 bits per heavy atom. The first-order valence-electron chi connectivity index (χ1n) is 5.88. The van der Waals surface area contributed by atoms with Gasteiger partial charge in [-0.05, 0) is 40.5 Å². The molecule has 0 aliphatic heterocycles. The molecule has 0 heterocycles. The van der Waals surface area contributed by atoms with Crippen LogP contribution in [0.25, 0.3) is 0 Å². The van der Waals surface area contributed by atoms with Gasteiger partial charge in [0.05, 0.1) is 0 Å². The van der Waals surface area contributed by atoms with Gasteiger partial charge in [-0.3, -0.25) is 0 Å². The molecule has 0 saturated heterocycles. The van der Waals surface area contributed by atoms with Crippen molar-refractivity contribution < 1.29 is 5.11 Å². The van der Waals surface area contributed by atoms with E-state index in [9.17, 15) is 5.11 Å². The fourth-order valence-corrected chi connectivity index (χ4v) is 1.91. The molecule has 0 aliphatic carbocycles. The highest BCUT2D eigenvalue weighted by Gasteiger charge is 2.22. The average molecular weight is 220 g/mol. The third-order valence-corrected chi connectivity index (χ3v) is 3.05. The van der Waals surface area contributed by atoms with Crippen molar-refractivity contribution >= 4 is 0 Å². The Bertz CT molecular complexity index is 389. The molecule has 0 aliphatic rings. The van der Waals surface area contributed by atoms with Gasteiger partial charge in [-0.1, -0.05) is 47.6 Å². The van der Waals surface area contributed by atoms with Crippen LogP contribution in [0.3, 0.4) is 0 Å². The molecule has 1 N–H and O–H groups in total. The van der Waals surface area contributed by atoms with Crippen molar-refractivity contribution in [1.82, 2.24) is 0 Å². The molecule has 16 heavy (non-hydrogen) atoms. The van der Waals surface area contributed by atoms with Crippen molar-refractivity contribution in [3.63, 3.8) is 0 Å². The number of rotatable bonds is 0. The predicted octanol–water partition coefficient (Wildman–Crippen LogP) is 4.30. The van der Waals surface area contributed by atoms with E-state index in [1.807, 2.05) is 13.0 Å². The topological polar surface area (TPSA) is 20.2 Å². The van der Waals surface area contributed by atoms with Crippen LogP contribution in [0.1, 0.15) is 58.2 Å². The smallest absolute Gasteiger partial charge is 0.119 e. The lowest BCUT2D eigenvalue weighted by Gasteiger charge is -2.27. The second-order valence-corrected chi connectivity index (χ2v) is 6.67. The zero-order chi connectivity index (χ0) is 12.7. The molecule has 0 spiro atoms. The second kappa shape index (κ2) is 3.80. The maximum atomic E-state index is 10.0. The first-order valence-corrected chi connectivity index (χ1v) is 5.88. The lowest BCUT2D eigenvalue weighted by atomic mass is 9.78. The number of aromatic hydroxyl groups is 1. The van der Waals surface area contributed by atoms with Crippen LogP contribution in [0.4, 0.5) is 0 Å². The standard InChI is InChI=1S/C15H24O/c1-10-12(15(5,6)7)8-11(9-13(10)16)14(2,3)4/h8-9,16H,1-7H3. The van der Waals surface area contributed by atoms with Crippen molar-refractivity contribution in [3.8, 4) is 5.75 Å². The summed E-state index contributed by atoms with van der Waals surface area (Å²) in [5, 5.41) is 10.0. The molecule has 1 heteroatoms. The van der Waals surface area contributed by atoms with E-state index < -0.39 is 0 Å². The summed E-state index contributed by atoms with van der Waals surface area (Å²) in [4.78, 5) is 0. The molecule has 0 atom stereocenters. The summed E-state index contributed by atoms with van der Waals surface area (Å²) in [7, 11) is 0. The Balaban J connectivity index is 3.46.